The molecule has 1 aromatic carbocycles. The first kappa shape index (κ1) is 11.1. The maximum absolute atomic E-state index is 10.3. The Morgan fingerprint density at radius 2 is 1.93 bits per heavy atom. The molecule has 0 spiro atoms. The summed E-state index contributed by atoms with van der Waals surface area (Å²) < 4.78 is 0. The van der Waals surface area contributed by atoms with Gasteiger partial charge in [-0.3, -0.25) is 0 Å². The lowest BCUT2D eigenvalue weighted by atomic mass is 9.86. The number of para-hydroxylation sites is 1. The van der Waals surface area contributed by atoms with Crippen LogP contribution in [0.25, 0.3) is 0 Å². The third kappa shape index (κ3) is 2.48. The first-order valence-corrected chi connectivity index (χ1v) is 5.01. The van der Waals surface area contributed by atoms with E-state index in [4.69, 9.17) is 5.73 Å². The Bertz CT molecular complexity index is 305. The second-order valence-corrected chi connectivity index (χ2v) is 4.46. The van der Waals surface area contributed by atoms with Gasteiger partial charge >= 0.3 is 0 Å². The zero-order valence-electron chi connectivity index (χ0n) is 9.12. The van der Waals surface area contributed by atoms with Gasteiger partial charge in [-0.25, -0.2) is 0 Å². The molecule has 1 rings (SSSR count). The molecular weight excluding hydrogens is 174 g/mol. The fraction of sp³-hybridized carbons (Fsp3) is 0.500. The predicted octanol–water partition coefficient (Wildman–Crippen LogP) is 2.52. The highest BCUT2D eigenvalue weighted by atomic mass is 16.3. The van der Waals surface area contributed by atoms with Gasteiger partial charge in [0.15, 0.2) is 0 Å². The molecule has 0 amide bonds. The van der Waals surface area contributed by atoms with Crippen LogP contribution in [-0.4, -0.2) is 5.11 Å². The summed E-state index contributed by atoms with van der Waals surface area (Å²) in [5, 5.41) is 10.3. The molecule has 0 saturated carbocycles. The molecule has 0 aliphatic heterocycles. The highest BCUT2D eigenvalue weighted by molar-refractivity contribution is 5.49. The highest BCUT2D eigenvalue weighted by Crippen LogP contribution is 2.31. The van der Waals surface area contributed by atoms with Gasteiger partial charge in [0, 0.05) is 11.3 Å². The molecule has 0 radical (unpaired) electrons. The van der Waals surface area contributed by atoms with Crippen LogP contribution < -0.4 is 5.73 Å². The second-order valence-electron chi connectivity index (χ2n) is 4.46. The smallest absolute Gasteiger partial charge is 0.0890 e. The average molecular weight is 193 g/mol. The summed E-state index contributed by atoms with van der Waals surface area (Å²) >= 11 is 0. The lowest BCUT2D eigenvalue weighted by molar-refractivity contribution is 0.0356. The number of aliphatic hydroxyl groups is 1. The molecule has 1 aromatic rings. The Morgan fingerprint density at radius 1 is 1.36 bits per heavy atom. The standard InChI is InChI=1S/C12H19NO/c1-9(2)8-12(3,14)10-6-4-5-7-11(10)13/h4-7,9,14H,8,13H2,1-3H3. The SMILES string of the molecule is CC(C)CC(C)(O)c1ccccc1N. The van der Waals surface area contributed by atoms with Crippen LogP contribution in [0.3, 0.4) is 0 Å². The summed E-state index contributed by atoms with van der Waals surface area (Å²) in [6.45, 7) is 6.00. The monoisotopic (exact) mass is 193 g/mol. The Balaban J connectivity index is 2.97. The van der Waals surface area contributed by atoms with Crippen LogP contribution in [0.15, 0.2) is 24.3 Å². The van der Waals surface area contributed by atoms with E-state index in [0.717, 1.165) is 12.0 Å². The fourth-order valence-corrected chi connectivity index (χ4v) is 1.89. The van der Waals surface area contributed by atoms with Crippen LogP contribution in [0.5, 0.6) is 0 Å². The quantitative estimate of drug-likeness (QED) is 0.724. The van der Waals surface area contributed by atoms with Gasteiger partial charge in [-0.1, -0.05) is 32.0 Å². The molecule has 0 aliphatic rings. The van der Waals surface area contributed by atoms with E-state index in [1.54, 1.807) is 0 Å². The van der Waals surface area contributed by atoms with E-state index in [0.29, 0.717) is 11.6 Å². The molecule has 1 unspecified atom stereocenters. The lowest BCUT2D eigenvalue weighted by Crippen LogP contribution is -2.24. The van der Waals surface area contributed by atoms with Crippen LogP contribution in [0.1, 0.15) is 32.8 Å². The maximum Gasteiger partial charge on any atom is 0.0890 e. The Morgan fingerprint density at radius 3 is 2.43 bits per heavy atom. The van der Waals surface area contributed by atoms with Gasteiger partial charge in [0.25, 0.3) is 0 Å². The number of hydrogen-bond acceptors (Lipinski definition) is 2. The molecule has 0 saturated heterocycles. The van der Waals surface area contributed by atoms with Crippen LogP contribution in [0, 0.1) is 5.92 Å². The Kier molecular flexibility index (Phi) is 3.17. The topological polar surface area (TPSA) is 46.2 Å². The van der Waals surface area contributed by atoms with Crippen molar-refractivity contribution in [1.82, 2.24) is 0 Å². The van der Waals surface area contributed by atoms with E-state index in [2.05, 4.69) is 13.8 Å². The van der Waals surface area contributed by atoms with Crippen LogP contribution in [-0.2, 0) is 5.60 Å². The molecule has 3 N–H and O–H groups in total. The summed E-state index contributed by atoms with van der Waals surface area (Å²) in [5.41, 5.74) is 6.49. The van der Waals surface area contributed by atoms with Crippen molar-refractivity contribution in [3.05, 3.63) is 29.8 Å². The minimum atomic E-state index is -0.820. The maximum atomic E-state index is 10.3. The van der Waals surface area contributed by atoms with E-state index < -0.39 is 5.60 Å². The molecule has 2 nitrogen and oxygen atoms in total. The molecule has 0 bridgehead atoms. The molecule has 2 heteroatoms. The van der Waals surface area contributed by atoms with Gasteiger partial charge in [0.2, 0.25) is 0 Å². The second kappa shape index (κ2) is 4.01. The van der Waals surface area contributed by atoms with Crippen LogP contribution >= 0.6 is 0 Å². The van der Waals surface area contributed by atoms with Gasteiger partial charge in [0.1, 0.15) is 0 Å². The molecule has 1 atom stereocenters. The van der Waals surface area contributed by atoms with Crippen molar-refractivity contribution in [2.45, 2.75) is 32.8 Å². The van der Waals surface area contributed by atoms with Crippen molar-refractivity contribution in [1.29, 1.82) is 0 Å². The summed E-state index contributed by atoms with van der Waals surface area (Å²) in [5.74, 6) is 0.449. The number of rotatable bonds is 3. The average Bonchev–Trinajstić information content (AvgIpc) is 2.02. The van der Waals surface area contributed by atoms with Crippen LogP contribution in [0.2, 0.25) is 0 Å². The van der Waals surface area contributed by atoms with E-state index in [1.165, 1.54) is 0 Å². The number of hydrogen-bond donors (Lipinski definition) is 2. The van der Waals surface area contributed by atoms with Crippen molar-refractivity contribution in [3.63, 3.8) is 0 Å². The zero-order valence-corrected chi connectivity index (χ0v) is 9.12. The zero-order chi connectivity index (χ0) is 10.8. The molecule has 0 aliphatic carbocycles. The molecular formula is C12H19NO. The molecule has 78 valence electrons. The van der Waals surface area contributed by atoms with Crippen molar-refractivity contribution >= 4 is 5.69 Å². The van der Waals surface area contributed by atoms with Gasteiger partial charge in [-0.2, -0.15) is 0 Å². The number of nitrogen functional groups attached to an aromatic ring is 1. The summed E-state index contributed by atoms with van der Waals surface area (Å²) in [4.78, 5) is 0. The summed E-state index contributed by atoms with van der Waals surface area (Å²) in [6, 6.07) is 7.49. The first-order valence-electron chi connectivity index (χ1n) is 5.01. The van der Waals surface area contributed by atoms with E-state index in [-0.39, 0.29) is 0 Å². The van der Waals surface area contributed by atoms with E-state index >= 15 is 0 Å². The van der Waals surface area contributed by atoms with E-state index in [9.17, 15) is 5.11 Å². The van der Waals surface area contributed by atoms with Crippen molar-refractivity contribution in [3.8, 4) is 0 Å². The number of nitrogens with two attached hydrogens (primary N) is 1. The first-order chi connectivity index (χ1) is 6.43. The largest absolute Gasteiger partial charge is 0.398 e. The third-order valence-electron chi connectivity index (χ3n) is 2.35. The van der Waals surface area contributed by atoms with Crippen molar-refractivity contribution in [2.24, 2.45) is 5.92 Å². The molecule has 14 heavy (non-hydrogen) atoms. The minimum absolute atomic E-state index is 0.449. The predicted molar refractivity (Wildman–Crippen MR) is 59.9 cm³/mol. The Labute approximate surface area is 85.8 Å². The Hall–Kier alpha value is -1.02. The lowest BCUT2D eigenvalue weighted by Gasteiger charge is -2.27. The fourth-order valence-electron chi connectivity index (χ4n) is 1.89. The van der Waals surface area contributed by atoms with Crippen molar-refractivity contribution < 1.29 is 5.11 Å². The van der Waals surface area contributed by atoms with Crippen LogP contribution in [0.4, 0.5) is 5.69 Å². The van der Waals surface area contributed by atoms with Gasteiger partial charge in [-0.05, 0) is 25.3 Å². The normalized spacial score (nSPS) is 15.5. The van der Waals surface area contributed by atoms with Gasteiger partial charge < -0.3 is 10.8 Å². The highest BCUT2D eigenvalue weighted by Gasteiger charge is 2.25. The van der Waals surface area contributed by atoms with Crippen molar-refractivity contribution in [2.75, 3.05) is 5.73 Å². The summed E-state index contributed by atoms with van der Waals surface area (Å²) in [7, 11) is 0. The number of anilines is 1. The van der Waals surface area contributed by atoms with Gasteiger partial charge in [-0.15, -0.1) is 0 Å². The third-order valence-corrected chi connectivity index (χ3v) is 2.35. The minimum Gasteiger partial charge on any atom is -0.398 e. The van der Waals surface area contributed by atoms with E-state index in [1.807, 2.05) is 31.2 Å². The summed E-state index contributed by atoms with van der Waals surface area (Å²) in [6.07, 6.45) is 0.723. The molecule has 0 heterocycles. The van der Waals surface area contributed by atoms with Gasteiger partial charge in [0.05, 0.1) is 5.60 Å². The molecule has 0 fully saturated rings. The number of benzene rings is 1. The molecule has 0 aromatic heterocycles.